The number of fused-ring (bicyclic) bond motifs is 1. The average Bonchev–Trinajstić information content (AvgIpc) is 2.55. The number of phenolic OH excluding ortho intramolecular Hbond substituents is 1. The van der Waals surface area contributed by atoms with Crippen LogP contribution in [0.1, 0.15) is 39.2 Å². The van der Waals surface area contributed by atoms with Crippen molar-refractivity contribution in [2.24, 2.45) is 11.8 Å². The van der Waals surface area contributed by atoms with Gasteiger partial charge in [0.15, 0.2) is 0 Å². The Balaban J connectivity index is 1.78. The summed E-state index contributed by atoms with van der Waals surface area (Å²) in [5.74, 6) is 1.99. The number of likely N-dealkylation sites (tertiary alicyclic amines) is 1. The molecule has 2 heterocycles. The largest absolute Gasteiger partial charge is 0.508 e. The van der Waals surface area contributed by atoms with Gasteiger partial charge in [-0.25, -0.2) is 0 Å². The lowest BCUT2D eigenvalue weighted by Gasteiger charge is -2.40. The molecule has 2 aromatic rings. The first-order chi connectivity index (χ1) is 11.1. The van der Waals surface area contributed by atoms with Crippen LogP contribution in [-0.4, -0.2) is 34.1 Å². The van der Waals surface area contributed by atoms with Crippen molar-refractivity contribution in [2.45, 2.75) is 46.1 Å². The standard InChI is InChI=1S/C20H28N2O/c1-4-16-13-22(10-8-14(16)2)15(3)11-17-7-9-21-20-6-5-18(23)12-19(17)20/h5-7,9,12,14-16,23H,4,8,10-11,13H2,1-3H3. The fourth-order valence-corrected chi connectivity index (χ4v) is 3.93. The highest BCUT2D eigenvalue weighted by Crippen LogP contribution is 2.29. The van der Waals surface area contributed by atoms with Gasteiger partial charge in [-0.3, -0.25) is 4.98 Å². The van der Waals surface area contributed by atoms with Crippen LogP contribution in [0.2, 0.25) is 0 Å². The lowest BCUT2D eigenvalue weighted by Crippen LogP contribution is -2.44. The topological polar surface area (TPSA) is 36.4 Å². The molecule has 0 radical (unpaired) electrons. The number of aromatic nitrogens is 1. The van der Waals surface area contributed by atoms with Gasteiger partial charge in [-0.1, -0.05) is 20.3 Å². The lowest BCUT2D eigenvalue weighted by molar-refractivity contribution is 0.0921. The van der Waals surface area contributed by atoms with Crippen molar-refractivity contribution in [3.05, 3.63) is 36.0 Å². The van der Waals surface area contributed by atoms with Crippen LogP contribution >= 0.6 is 0 Å². The molecule has 0 aliphatic carbocycles. The first-order valence-electron chi connectivity index (χ1n) is 8.89. The molecular weight excluding hydrogens is 284 g/mol. The highest BCUT2D eigenvalue weighted by Gasteiger charge is 2.27. The number of phenols is 1. The smallest absolute Gasteiger partial charge is 0.116 e. The fraction of sp³-hybridized carbons (Fsp3) is 0.550. The number of hydrogen-bond donors (Lipinski definition) is 1. The molecule has 1 aliphatic rings. The summed E-state index contributed by atoms with van der Waals surface area (Å²) in [5, 5.41) is 10.9. The van der Waals surface area contributed by atoms with Crippen LogP contribution in [0.5, 0.6) is 5.75 Å². The van der Waals surface area contributed by atoms with Crippen LogP contribution in [0.4, 0.5) is 0 Å². The molecule has 1 saturated heterocycles. The third kappa shape index (κ3) is 3.50. The third-order valence-electron chi connectivity index (χ3n) is 5.62. The molecule has 0 spiro atoms. The van der Waals surface area contributed by atoms with E-state index in [4.69, 9.17) is 0 Å². The lowest BCUT2D eigenvalue weighted by atomic mass is 9.84. The molecule has 1 N–H and O–H groups in total. The van der Waals surface area contributed by atoms with Crippen molar-refractivity contribution in [1.29, 1.82) is 0 Å². The fourth-order valence-electron chi connectivity index (χ4n) is 3.93. The van der Waals surface area contributed by atoms with E-state index in [1.165, 1.54) is 31.5 Å². The number of nitrogens with zero attached hydrogens (tertiary/aromatic N) is 2. The first kappa shape index (κ1) is 16.3. The summed E-state index contributed by atoms with van der Waals surface area (Å²) in [6, 6.07) is 8.07. The number of hydrogen-bond acceptors (Lipinski definition) is 3. The van der Waals surface area contributed by atoms with Crippen molar-refractivity contribution in [2.75, 3.05) is 13.1 Å². The zero-order valence-electron chi connectivity index (χ0n) is 14.5. The van der Waals surface area contributed by atoms with Gasteiger partial charge in [0.2, 0.25) is 0 Å². The number of aromatic hydroxyl groups is 1. The molecule has 3 heteroatoms. The summed E-state index contributed by atoms with van der Waals surface area (Å²) < 4.78 is 0. The van der Waals surface area contributed by atoms with Crippen molar-refractivity contribution in [1.82, 2.24) is 9.88 Å². The van der Waals surface area contributed by atoms with Gasteiger partial charge in [-0.05, 0) is 68.0 Å². The molecular formula is C20H28N2O. The monoisotopic (exact) mass is 312 g/mol. The molecule has 3 nitrogen and oxygen atoms in total. The second-order valence-electron chi connectivity index (χ2n) is 7.15. The van der Waals surface area contributed by atoms with Gasteiger partial charge in [0, 0.05) is 24.2 Å². The van der Waals surface area contributed by atoms with E-state index in [1.54, 1.807) is 6.07 Å². The van der Waals surface area contributed by atoms with E-state index in [-0.39, 0.29) is 0 Å². The van der Waals surface area contributed by atoms with Gasteiger partial charge in [0.1, 0.15) is 5.75 Å². The van der Waals surface area contributed by atoms with Crippen LogP contribution < -0.4 is 0 Å². The second kappa shape index (κ2) is 6.88. The van der Waals surface area contributed by atoms with Gasteiger partial charge >= 0.3 is 0 Å². The minimum Gasteiger partial charge on any atom is -0.508 e. The first-order valence-corrected chi connectivity index (χ1v) is 8.89. The summed E-state index contributed by atoms with van der Waals surface area (Å²) in [5.41, 5.74) is 2.25. The Morgan fingerprint density at radius 3 is 2.96 bits per heavy atom. The maximum absolute atomic E-state index is 9.80. The van der Waals surface area contributed by atoms with E-state index in [0.29, 0.717) is 11.8 Å². The summed E-state index contributed by atoms with van der Waals surface area (Å²) >= 11 is 0. The van der Waals surface area contributed by atoms with E-state index < -0.39 is 0 Å². The van der Waals surface area contributed by atoms with Gasteiger partial charge in [0.25, 0.3) is 0 Å². The predicted molar refractivity (Wildman–Crippen MR) is 95.7 cm³/mol. The van der Waals surface area contributed by atoms with E-state index in [1.807, 2.05) is 18.3 Å². The van der Waals surface area contributed by atoms with E-state index in [9.17, 15) is 5.11 Å². The molecule has 3 atom stereocenters. The quantitative estimate of drug-likeness (QED) is 0.917. The third-order valence-corrected chi connectivity index (χ3v) is 5.62. The molecule has 1 aliphatic heterocycles. The number of pyridine rings is 1. The van der Waals surface area contributed by atoms with Crippen molar-refractivity contribution in [3.63, 3.8) is 0 Å². The molecule has 0 bridgehead atoms. The van der Waals surface area contributed by atoms with Crippen LogP contribution in [0.25, 0.3) is 10.9 Å². The Kier molecular flexibility index (Phi) is 4.86. The normalized spacial score (nSPS) is 24.0. The van der Waals surface area contributed by atoms with Gasteiger partial charge in [-0.2, -0.15) is 0 Å². The van der Waals surface area contributed by atoms with Gasteiger partial charge in [0.05, 0.1) is 5.52 Å². The average molecular weight is 312 g/mol. The summed E-state index contributed by atoms with van der Waals surface area (Å²) in [4.78, 5) is 7.06. The van der Waals surface area contributed by atoms with E-state index >= 15 is 0 Å². The zero-order chi connectivity index (χ0) is 16.4. The number of rotatable bonds is 4. The van der Waals surface area contributed by atoms with Crippen LogP contribution in [0.3, 0.4) is 0 Å². The second-order valence-corrected chi connectivity index (χ2v) is 7.15. The molecule has 1 aromatic heterocycles. The molecule has 3 unspecified atom stereocenters. The Morgan fingerprint density at radius 1 is 1.35 bits per heavy atom. The molecule has 124 valence electrons. The van der Waals surface area contributed by atoms with Crippen molar-refractivity contribution < 1.29 is 5.11 Å². The van der Waals surface area contributed by atoms with Gasteiger partial charge in [-0.15, -0.1) is 0 Å². The van der Waals surface area contributed by atoms with Crippen molar-refractivity contribution in [3.8, 4) is 5.75 Å². The molecule has 0 amide bonds. The summed E-state index contributed by atoms with van der Waals surface area (Å²) in [6.07, 6.45) is 5.47. The summed E-state index contributed by atoms with van der Waals surface area (Å²) in [7, 11) is 0. The highest BCUT2D eigenvalue weighted by molar-refractivity contribution is 5.83. The van der Waals surface area contributed by atoms with Crippen LogP contribution in [-0.2, 0) is 6.42 Å². The zero-order valence-corrected chi connectivity index (χ0v) is 14.5. The minimum absolute atomic E-state index is 0.317. The van der Waals surface area contributed by atoms with Crippen LogP contribution in [0, 0.1) is 11.8 Å². The molecule has 1 aromatic carbocycles. The maximum Gasteiger partial charge on any atom is 0.116 e. The molecule has 23 heavy (non-hydrogen) atoms. The van der Waals surface area contributed by atoms with Crippen LogP contribution in [0.15, 0.2) is 30.5 Å². The maximum atomic E-state index is 9.80. The predicted octanol–water partition coefficient (Wildman–Crippen LogP) is 4.24. The van der Waals surface area contributed by atoms with Gasteiger partial charge < -0.3 is 10.0 Å². The molecule has 1 fully saturated rings. The molecule has 3 rings (SSSR count). The Bertz CT molecular complexity index is 670. The highest BCUT2D eigenvalue weighted by atomic mass is 16.3. The number of benzene rings is 1. The number of piperidine rings is 1. The Labute approximate surface area is 139 Å². The van der Waals surface area contributed by atoms with E-state index in [0.717, 1.165) is 29.2 Å². The Morgan fingerprint density at radius 2 is 2.17 bits per heavy atom. The Hall–Kier alpha value is -1.61. The molecule has 0 saturated carbocycles. The SMILES string of the molecule is CCC1CN(C(C)Cc2ccnc3ccc(O)cc23)CCC1C. The minimum atomic E-state index is 0.317. The summed E-state index contributed by atoms with van der Waals surface area (Å²) in [6.45, 7) is 9.46. The van der Waals surface area contributed by atoms with E-state index in [2.05, 4.69) is 36.7 Å². The van der Waals surface area contributed by atoms with Crippen molar-refractivity contribution >= 4 is 10.9 Å².